The molecule has 1 aliphatic carbocycles. The van der Waals surface area contributed by atoms with Crippen LogP contribution in [0, 0.1) is 23.2 Å². The highest BCUT2D eigenvalue weighted by molar-refractivity contribution is 5.55. The normalized spacial score (nSPS) is 23.3. The molecule has 1 aromatic heterocycles. The van der Waals surface area contributed by atoms with E-state index in [1.807, 2.05) is 0 Å². The second kappa shape index (κ2) is 6.36. The second-order valence-electron chi connectivity index (χ2n) is 4.90. The number of rotatable bonds is 4. The van der Waals surface area contributed by atoms with E-state index in [1.54, 1.807) is 18.5 Å². The van der Waals surface area contributed by atoms with E-state index in [0.717, 1.165) is 25.1 Å². The maximum atomic E-state index is 9.37. The molecule has 2 N–H and O–H groups in total. The van der Waals surface area contributed by atoms with Gasteiger partial charge in [-0.15, -0.1) is 0 Å². The molecular weight excluding hydrogens is 226 g/mol. The Balaban J connectivity index is 1.96. The van der Waals surface area contributed by atoms with E-state index >= 15 is 0 Å². The summed E-state index contributed by atoms with van der Waals surface area (Å²) in [5.41, 5.74) is 1.42. The molecule has 0 radical (unpaired) electrons. The minimum absolute atomic E-state index is 0.268. The fourth-order valence-corrected chi connectivity index (χ4v) is 2.67. The number of nitriles is 1. The summed E-state index contributed by atoms with van der Waals surface area (Å²) < 4.78 is 0. The SMILES string of the molecule is N#Cc1ccncc1NCC1CCCCC1CO. The van der Waals surface area contributed by atoms with Crippen molar-refractivity contribution in [2.75, 3.05) is 18.5 Å². The van der Waals surface area contributed by atoms with E-state index in [2.05, 4.69) is 16.4 Å². The van der Waals surface area contributed by atoms with Gasteiger partial charge in [0, 0.05) is 19.3 Å². The van der Waals surface area contributed by atoms with Gasteiger partial charge in [0.2, 0.25) is 0 Å². The van der Waals surface area contributed by atoms with Gasteiger partial charge in [-0.3, -0.25) is 4.98 Å². The molecule has 0 spiro atoms. The maximum absolute atomic E-state index is 9.37. The van der Waals surface area contributed by atoms with Crippen molar-refractivity contribution in [2.24, 2.45) is 11.8 Å². The summed E-state index contributed by atoms with van der Waals surface area (Å²) in [5, 5.41) is 21.7. The highest BCUT2D eigenvalue weighted by Crippen LogP contribution is 2.30. The average Bonchev–Trinajstić information content (AvgIpc) is 2.45. The molecule has 1 heterocycles. The number of hydrogen-bond acceptors (Lipinski definition) is 4. The van der Waals surface area contributed by atoms with Crippen LogP contribution in [0.1, 0.15) is 31.2 Å². The first-order valence-corrected chi connectivity index (χ1v) is 6.54. The molecule has 0 aromatic carbocycles. The van der Waals surface area contributed by atoms with Crippen LogP contribution in [0.15, 0.2) is 18.5 Å². The van der Waals surface area contributed by atoms with Gasteiger partial charge in [-0.2, -0.15) is 5.26 Å². The molecule has 1 aliphatic rings. The molecule has 96 valence electrons. The standard InChI is InChI=1S/C14H19N3O/c15-7-11-5-6-16-9-14(11)17-8-12-3-1-2-4-13(12)10-18/h5-6,9,12-13,17-18H,1-4,8,10H2. The Kier molecular flexibility index (Phi) is 4.54. The van der Waals surface area contributed by atoms with E-state index in [9.17, 15) is 5.11 Å². The summed E-state index contributed by atoms with van der Waals surface area (Å²) in [7, 11) is 0. The molecule has 0 bridgehead atoms. The monoisotopic (exact) mass is 245 g/mol. The molecule has 0 saturated heterocycles. The molecule has 0 aliphatic heterocycles. The van der Waals surface area contributed by atoms with Gasteiger partial charge in [0.15, 0.2) is 0 Å². The van der Waals surface area contributed by atoms with Crippen LogP contribution in [-0.4, -0.2) is 23.2 Å². The van der Waals surface area contributed by atoms with E-state index in [0.29, 0.717) is 17.4 Å². The third kappa shape index (κ3) is 2.99. The van der Waals surface area contributed by atoms with Crippen molar-refractivity contribution in [1.29, 1.82) is 5.26 Å². The summed E-state index contributed by atoms with van der Waals surface area (Å²) in [6, 6.07) is 3.87. The van der Waals surface area contributed by atoms with E-state index in [1.165, 1.54) is 12.8 Å². The number of aliphatic hydroxyl groups excluding tert-OH is 1. The molecule has 1 fully saturated rings. The number of anilines is 1. The third-order valence-electron chi connectivity index (χ3n) is 3.80. The van der Waals surface area contributed by atoms with Crippen LogP contribution in [0.5, 0.6) is 0 Å². The van der Waals surface area contributed by atoms with Gasteiger partial charge < -0.3 is 10.4 Å². The van der Waals surface area contributed by atoms with Crippen molar-refractivity contribution in [1.82, 2.24) is 4.98 Å². The number of aromatic nitrogens is 1. The Bertz CT molecular complexity index is 427. The lowest BCUT2D eigenvalue weighted by Crippen LogP contribution is -2.28. The maximum Gasteiger partial charge on any atom is 0.101 e. The zero-order chi connectivity index (χ0) is 12.8. The van der Waals surface area contributed by atoms with Crippen molar-refractivity contribution in [2.45, 2.75) is 25.7 Å². The largest absolute Gasteiger partial charge is 0.396 e. The lowest BCUT2D eigenvalue weighted by atomic mass is 9.79. The van der Waals surface area contributed by atoms with Gasteiger partial charge in [-0.05, 0) is 30.7 Å². The molecule has 4 nitrogen and oxygen atoms in total. The number of hydrogen-bond donors (Lipinski definition) is 2. The van der Waals surface area contributed by atoms with Gasteiger partial charge in [0.05, 0.1) is 17.4 Å². The lowest BCUT2D eigenvalue weighted by molar-refractivity contribution is 0.141. The van der Waals surface area contributed by atoms with Crippen molar-refractivity contribution >= 4 is 5.69 Å². The van der Waals surface area contributed by atoms with Crippen LogP contribution in [0.4, 0.5) is 5.69 Å². The number of nitrogens with zero attached hydrogens (tertiary/aromatic N) is 2. The van der Waals surface area contributed by atoms with Crippen LogP contribution >= 0.6 is 0 Å². The smallest absolute Gasteiger partial charge is 0.101 e. The van der Waals surface area contributed by atoms with E-state index in [4.69, 9.17) is 5.26 Å². The van der Waals surface area contributed by atoms with Crippen LogP contribution in [0.25, 0.3) is 0 Å². The topological polar surface area (TPSA) is 68.9 Å². The van der Waals surface area contributed by atoms with Crippen LogP contribution in [-0.2, 0) is 0 Å². The summed E-state index contributed by atoms with van der Waals surface area (Å²) in [6.07, 6.45) is 8.04. The average molecular weight is 245 g/mol. The zero-order valence-corrected chi connectivity index (χ0v) is 10.5. The van der Waals surface area contributed by atoms with Crippen LogP contribution in [0.3, 0.4) is 0 Å². The molecule has 18 heavy (non-hydrogen) atoms. The molecule has 1 saturated carbocycles. The Morgan fingerprint density at radius 3 is 2.89 bits per heavy atom. The van der Waals surface area contributed by atoms with Crippen LogP contribution < -0.4 is 5.32 Å². The first-order valence-electron chi connectivity index (χ1n) is 6.54. The predicted octanol–water partition coefficient (Wildman–Crippen LogP) is 2.16. The molecule has 1 aromatic rings. The summed E-state index contributed by atoms with van der Waals surface area (Å²) in [4.78, 5) is 4.03. The first kappa shape index (κ1) is 12.8. The molecule has 4 heteroatoms. The molecule has 2 rings (SSSR count). The Hall–Kier alpha value is -1.60. The van der Waals surface area contributed by atoms with Gasteiger partial charge in [-0.1, -0.05) is 12.8 Å². The van der Waals surface area contributed by atoms with Crippen LogP contribution in [0.2, 0.25) is 0 Å². The first-order chi connectivity index (χ1) is 8.85. The zero-order valence-electron chi connectivity index (χ0n) is 10.5. The summed E-state index contributed by atoms with van der Waals surface area (Å²) in [6.45, 7) is 1.08. The van der Waals surface area contributed by atoms with Gasteiger partial charge in [0.25, 0.3) is 0 Å². The minimum atomic E-state index is 0.268. The lowest BCUT2D eigenvalue weighted by Gasteiger charge is -2.30. The molecule has 2 unspecified atom stereocenters. The van der Waals surface area contributed by atoms with Gasteiger partial charge in [-0.25, -0.2) is 0 Å². The van der Waals surface area contributed by atoms with E-state index in [-0.39, 0.29) is 6.61 Å². The Morgan fingerprint density at radius 1 is 1.39 bits per heavy atom. The number of aliphatic hydroxyl groups is 1. The van der Waals surface area contributed by atoms with Crippen molar-refractivity contribution in [3.05, 3.63) is 24.0 Å². The fourth-order valence-electron chi connectivity index (χ4n) is 2.67. The number of nitrogens with one attached hydrogen (secondary N) is 1. The minimum Gasteiger partial charge on any atom is -0.396 e. The predicted molar refractivity (Wildman–Crippen MR) is 70.0 cm³/mol. The third-order valence-corrected chi connectivity index (χ3v) is 3.80. The number of pyridine rings is 1. The highest BCUT2D eigenvalue weighted by Gasteiger charge is 2.24. The Labute approximate surface area is 108 Å². The summed E-state index contributed by atoms with van der Waals surface area (Å²) >= 11 is 0. The highest BCUT2D eigenvalue weighted by atomic mass is 16.3. The van der Waals surface area contributed by atoms with Crippen molar-refractivity contribution in [3.8, 4) is 6.07 Å². The van der Waals surface area contributed by atoms with E-state index < -0.39 is 0 Å². The molecular formula is C14H19N3O. The van der Waals surface area contributed by atoms with Gasteiger partial charge >= 0.3 is 0 Å². The van der Waals surface area contributed by atoms with Gasteiger partial charge in [0.1, 0.15) is 6.07 Å². The second-order valence-corrected chi connectivity index (χ2v) is 4.90. The van der Waals surface area contributed by atoms with Crippen molar-refractivity contribution in [3.63, 3.8) is 0 Å². The quantitative estimate of drug-likeness (QED) is 0.853. The molecule has 0 amide bonds. The summed E-state index contributed by atoms with van der Waals surface area (Å²) in [5.74, 6) is 0.893. The Morgan fingerprint density at radius 2 is 2.17 bits per heavy atom. The van der Waals surface area contributed by atoms with Crippen molar-refractivity contribution < 1.29 is 5.11 Å². The molecule has 2 atom stereocenters. The fraction of sp³-hybridized carbons (Fsp3) is 0.571.